The maximum atomic E-state index is 12.0. The van der Waals surface area contributed by atoms with Gasteiger partial charge >= 0.3 is 0 Å². The first-order valence-electron chi connectivity index (χ1n) is 5.40. The second kappa shape index (κ2) is 5.58. The zero-order valence-electron chi connectivity index (χ0n) is 10.1. The molecule has 5 nitrogen and oxygen atoms in total. The monoisotopic (exact) mass is 278 g/mol. The van der Waals surface area contributed by atoms with Crippen LogP contribution in [0, 0.1) is 0 Å². The van der Waals surface area contributed by atoms with E-state index in [4.69, 9.17) is 16.3 Å². The van der Waals surface area contributed by atoms with E-state index in [1.807, 2.05) is 0 Å². The minimum atomic E-state index is -0.494. The molecule has 0 saturated heterocycles. The SMILES string of the molecule is COc1cccc(C(=O)Nc2cc(Cl)ccn2)c1O. The average Bonchev–Trinajstić information content (AvgIpc) is 2.39. The first-order chi connectivity index (χ1) is 9.11. The van der Waals surface area contributed by atoms with Gasteiger partial charge in [0.05, 0.1) is 12.7 Å². The summed E-state index contributed by atoms with van der Waals surface area (Å²) in [4.78, 5) is 16.0. The van der Waals surface area contributed by atoms with Crippen molar-refractivity contribution >= 4 is 23.3 Å². The Balaban J connectivity index is 2.25. The molecule has 0 unspecified atom stereocenters. The van der Waals surface area contributed by atoms with Crippen LogP contribution >= 0.6 is 11.6 Å². The molecular weight excluding hydrogens is 268 g/mol. The van der Waals surface area contributed by atoms with Crippen molar-refractivity contribution in [3.8, 4) is 11.5 Å². The molecule has 1 amide bonds. The fourth-order valence-electron chi connectivity index (χ4n) is 1.53. The number of nitrogens with one attached hydrogen (secondary N) is 1. The third kappa shape index (κ3) is 2.95. The maximum absolute atomic E-state index is 12.0. The van der Waals surface area contributed by atoms with Gasteiger partial charge in [-0.2, -0.15) is 0 Å². The van der Waals surface area contributed by atoms with Gasteiger partial charge in [0.1, 0.15) is 5.82 Å². The third-order valence-corrected chi connectivity index (χ3v) is 2.66. The fourth-order valence-corrected chi connectivity index (χ4v) is 1.69. The van der Waals surface area contributed by atoms with Crippen molar-refractivity contribution < 1.29 is 14.6 Å². The molecule has 1 aromatic heterocycles. The predicted octanol–water partition coefficient (Wildman–Crippen LogP) is 2.70. The Morgan fingerprint density at radius 1 is 1.42 bits per heavy atom. The Bertz CT molecular complexity index is 617. The number of pyridine rings is 1. The van der Waals surface area contributed by atoms with E-state index in [0.717, 1.165) is 0 Å². The number of nitrogens with zero attached hydrogens (tertiary/aromatic N) is 1. The molecule has 0 aliphatic carbocycles. The van der Waals surface area contributed by atoms with Crippen LogP contribution in [0.1, 0.15) is 10.4 Å². The van der Waals surface area contributed by atoms with E-state index >= 15 is 0 Å². The first kappa shape index (κ1) is 13.2. The predicted molar refractivity (Wildman–Crippen MR) is 71.9 cm³/mol. The molecule has 0 fully saturated rings. The topological polar surface area (TPSA) is 71.5 Å². The maximum Gasteiger partial charge on any atom is 0.260 e. The van der Waals surface area contributed by atoms with Crippen LogP contribution in [0.25, 0.3) is 0 Å². The number of carbonyl (C=O) groups excluding carboxylic acids is 1. The molecule has 0 saturated carbocycles. The van der Waals surface area contributed by atoms with Crippen molar-refractivity contribution in [2.75, 3.05) is 12.4 Å². The number of hydrogen-bond donors (Lipinski definition) is 2. The first-order valence-corrected chi connectivity index (χ1v) is 5.78. The van der Waals surface area contributed by atoms with Crippen LogP contribution in [0.5, 0.6) is 11.5 Å². The van der Waals surface area contributed by atoms with Gasteiger partial charge in [-0.3, -0.25) is 4.79 Å². The summed E-state index contributed by atoms with van der Waals surface area (Å²) >= 11 is 5.79. The van der Waals surface area contributed by atoms with Crippen LogP contribution < -0.4 is 10.1 Å². The number of phenolic OH excluding ortho intramolecular Hbond substituents is 1. The number of rotatable bonds is 3. The van der Waals surface area contributed by atoms with E-state index in [1.165, 1.54) is 25.4 Å². The lowest BCUT2D eigenvalue weighted by Crippen LogP contribution is -2.13. The highest BCUT2D eigenvalue weighted by Gasteiger charge is 2.15. The Hall–Kier alpha value is -2.27. The lowest BCUT2D eigenvalue weighted by molar-refractivity contribution is 0.102. The summed E-state index contributed by atoms with van der Waals surface area (Å²) in [6.45, 7) is 0. The number of benzene rings is 1. The molecule has 0 aliphatic rings. The molecule has 2 aromatic rings. The summed E-state index contributed by atoms with van der Waals surface area (Å²) in [7, 11) is 1.41. The third-order valence-electron chi connectivity index (χ3n) is 2.43. The van der Waals surface area contributed by atoms with Crippen LogP contribution in [0.4, 0.5) is 5.82 Å². The largest absolute Gasteiger partial charge is 0.504 e. The van der Waals surface area contributed by atoms with E-state index in [0.29, 0.717) is 10.8 Å². The van der Waals surface area contributed by atoms with Gasteiger partial charge in [-0.25, -0.2) is 4.98 Å². The smallest absolute Gasteiger partial charge is 0.260 e. The molecule has 0 aliphatic heterocycles. The Kier molecular flexibility index (Phi) is 3.87. The number of hydrogen-bond acceptors (Lipinski definition) is 4. The van der Waals surface area contributed by atoms with E-state index < -0.39 is 5.91 Å². The van der Waals surface area contributed by atoms with Gasteiger partial charge in [0.25, 0.3) is 5.91 Å². The molecule has 1 heterocycles. The molecule has 2 rings (SSSR count). The van der Waals surface area contributed by atoms with E-state index in [2.05, 4.69) is 10.3 Å². The number of ether oxygens (including phenoxy) is 1. The number of anilines is 1. The van der Waals surface area contributed by atoms with E-state index in [-0.39, 0.29) is 17.1 Å². The second-order valence-electron chi connectivity index (χ2n) is 3.67. The fraction of sp³-hybridized carbons (Fsp3) is 0.0769. The number of aromatic hydroxyl groups is 1. The summed E-state index contributed by atoms with van der Waals surface area (Å²) < 4.78 is 4.94. The van der Waals surface area contributed by atoms with E-state index in [9.17, 15) is 9.90 Å². The summed E-state index contributed by atoms with van der Waals surface area (Å²) in [6, 6.07) is 7.76. The Labute approximate surface area is 114 Å². The normalized spacial score (nSPS) is 10.0. The van der Waals surface area contributed by atoms with Crippen molar-refractivity contribution in [3.63, 3.8) is 0 Å². The minimum Gasteiger partial charge on any atom is -0.504 e. The minimum absolute atomic E-state index is 0.0983. The molecule has 0 radical (unpaired) electrons. The van der Waals surface area contributed by atoms with Crippen LogP contribution in [0.3, 0.4) is 0 Å². The van der Waals surface area contributed by atoms with Crippen molar-refractivity contribution in [3.05, 3.63) is 47.1 Å². The number of amides is 1. The van der Waals surface area contributed by atoms with Crippen LogP contribution in [0.15, 0.2) is 36.5 Å². The molecule has 98 valence electrons. The van der Waals surface area contributed by atoms with Gasteiger partial charge in [-0.05, 0) is 24.3 Å². The Morgan fingerprint density at radius 3 is 2.89 bits per heavy atom. The summed E-state index contributed by atoms with van der Waals surface area (Å²) in [5.74, 6) is -0.179. The zero-order chi connectivity index (χ0) is 13.8. The Morgan fingerprint density at radius 2 is 2.21 bits per heavy atom. The quantitative estimate of drug-likeness (QED) is 0.905. The standard InChI is InChI=1S/C13H11ClN2O3/c1-19-10-4-2-3-9(12(10)17)13(18)16-11-7-8(14)5-6-15-11/h2-7,17H,1H3,(H,15,16,18). The highest BCUT2D eigenvalue weighted by Crippen LogP contribution is 2.29. The second-order valence-corrected chi connectivity index (χ2v) is 4.11. The molecule has 2 N–H and O–H groups in total. The lowest BCUT2D eigenvalue weighted by atomic mass is 10.1. The summed E-state index contributed by atoms with van der Waals surface area (Å²) in [5, 5.41) is 12.9. The average molecular weight is 279 g/mol. The van der Waals surface area contributed by atoms with Gasteiger partial charge < -0.3 is 15.2 Å². The van der Waals surface area contributed by atoms with Gasteiger partial charge in [-0.15, -0.1) is 0 Å². The summed E-state index contributed by atoms with van der Waals surface area (Å²) in [5.41, 5.74) is 0.0983. The van der Waals surface area contributed by atoms with Crippen LogP contribution in [-0.2, 0) is 0 Å². The van der Waals surface area contributed by atoms with Crippen LogP contribution in [-0.4, -0.2) is 23.1 Å². The molecule has 0 bridgehead atoms. The van der Waals surface area contributed by atoms with Gasteiger partial charge in [0, 0.05) is 11.2 Å². The van der Waals surface area contributed by atoms with Crippen molar-refractivity contribution in [2.45, 2.75) is 0 Å². The number of phenols is 1. The van der Waals surface area contributed by atoms with Crippen molar-refractivity contribution in [2.24, 2.45) is 0 Å². The van der Waals surface area contributed by atoms with E-state index in [1.54, 1.807) is 18.2 Å². The molecule has 6 heteroatoms. The summed E-state index contributed by atoms with van der Waals surface area (Å²) in [6.07, 6.45) is 1.48. The zero-order valence-corrected chi connectivity index (χ0v) is 10.8. The van der Waals surface area contributed by atoms with Crippen molar-refractivity contribution in [1.82, 2.24) is 4.98 Å². The molecule has 0 spiro atoms. The number of methoxy groups -OCH3 is 1. The van der Waals surface area contributed by atoms with Gasteiger partial charge in [-0.1, -0.05) is 17.7 Å². The number of aromatic nitrogens is 1. The number of para-hydroxylation sites is 1. The van der Waals surface area contributed by atoms with Gasteiger partial charge in [0.2, 0.25) is 0 Å². The van der Waals surface area contributed by atoms with Gasteiger partial charge in [0.15, 0.2) is 11.5 Å². The number of halogens is 1. The van der Waals surface area contributed by atoms with Crippen molar-refractivity contribution in [1.29, 1.82) is 0 Å². The van der Waals surface area contributed by atoms with Crippen LogP contribution in [0.2, 0.25) is 5.02 Å². The molecule has 0 atom stereocenters. The number of carbonyl (C=O) groups is 1. The highest BCUT2D eigenvalue weighted by molar-refractivity contribution is 6.30. The highest BCUT2D eigenvalue weighted by atomic mass is 35.5. The lowest BCUT2D eigenvalue weighted by Gasteiger charge is -2.09. The molecular formula is C13H11ClN2O3. The molecule has 19 heavy (non-hydrogen) atoms. The molecule has 1 aromatic carbocycles.